The van der Waals surface area contributed by atoms with Gasteiger partial charge in [0.25, 0.3) is 5.91 Å². The van der Waals surface area contributed by atoms with Gasteiger partial charge in [-0.05, 0) is 54.7 Å². The van der Waals surface area contributed by atoms with Crippen LogP contribution in [0.25, 0.3) is 5.69 Å². The van der Waals surface area contributed by atoms with Crippen LogP contribution in [0, 0.1) is 5.92 Å². The fraction of sp³-hybridized carbons (Fsp3) is 0.320. The Morgan fingerprint density at radius 1 is 1.10 bits per heavy atom. The van der Waals surface area contributed by atoms with E-state index in [-0.39, 0.29) is 17.7 Å². The minimum Gasteiger partial charge on any atom is -0.352 e. The summed E-state index contributed by atoms with van der Waals surface area (Å²) in [5.74, 6) is -0.226. The normalized spacial score (nSPS) is 16.2. The molecule has 1 N–H and O–H groups in total. The molecule has 6 nitrogen and oxygen atoms in total. The molecule has 1 aliphatic heterocycles. The van der Waals surface area contributed by atoms with Crippen molar-refractivity contribution in [2.75, 3.05) is 13.1 Å². The van der Waals surface area contributed by atoms with E-state index in [0.717, 1.165) is 30.5 Å². The van der Waals surface area contributed by atoms with Crippen molar-refractivity contribution in [1.82, 2.24) is 19.8 Å². The third-order valence-electron chi connectivity index (χ3n) is 5.87. The van der Waals surface area contributed by atoms with Crippen LogP contribution in [0.3, 0.4) is 0 Å². The van der Waals surface area contributed by atoms with E-state index in [1.54, 1.807) is 17.3 Å². The van der Waals surface area contributed by atoms with Crippen molar-refractivity contribution >= 4 is 11.8 Å². The van der Waals surface area contributed by atoms with Gasteiger partial charge >= 0.3 is 0 Å². The summed E-state index contributed by atoms with van der Waals surface area (Å²) in [6.07, 6.45) is 7.93. The van der Waals surface area contributed by atoms with Crippen LogP contribution in [0.15, 0.2) is 67.1 Å². The van der Waals surface area contributed by atoms with Gasteiger partial charge < -0.3 is 14.8 Å². The highest BCUT2D eigenvalue weighted by Crippen LogP contribution is 2.21. The molecular weight excluding hydrogens is 388 g/mol. The molecule has 4 rings (SSSR count). The Labute approximate surface area is 182 Å². The van der Waals surface area contributed by atoms with Crippen molar-refractivity contribution < 1.29 is 9.59 Å². The molecule has 3 heterocycles. The molecule has 6 heteroatoms. The van der Waals surface area contributed by atoms with Crippen molar-refractivity contribution in [3.63, 3.8) is 0 Å². The number of aromatic nitrogens is 2. The van der Waals surface area contributed by atoms with E-state index in [1.807, 2.05) is 35.0 Å². The van der Waals surface area contributed by atoms with E-state index in [9.17, 15) is 9.59 Å². The van der Waals surface area contributed by atoms with Gasteiger partial charge in [0.1, 0.15) is 5.69 Å². The number of carbonyl (C=O) groups is 2. The lowest BCUT2D eigenvalue weighted by Gasteiger charge is -2.32. The molecule has 1 saturated heterocycles. The van der Waals surface area contributed by atoms with Crippen LogP contribution in [0.5, 0.6) is 0 Å². The first kappa shape index (κ1) is 20.8. The lowest BCUT2D eigenvalue weighted by molar-refractivity contribution is -0.126. The third kappa shape index (κ3) is 4.85. The van der Waals surface area contributed by atoms with Crippen LogP contribution in [0.1, 0.15) is 41.4 Å². The zero-order chi connectivity index (χ0) is 21.6. The van der Waals surface area contributed by atoms with Crippen LogP contribution in [0.4, 0.5) is 0 Å². The van der Waals surface area contributed by atoms with E-state index in [4.69, 9.17) is 0 Å². The van der Waals surface area contributed by atoms with Gasteiger partial charge in [-0.15, -0.1) is 0 Å². The second-order valence-electron chi connectivity index (χ2n) is 7.95. The predicted molar refractivity (Wildman–Crippen MR) is 120 cm³/mol. The molecule has 31 heavy (non-hydrogen) atoms. The molecule has 0 radical (unpaired) electrons. The van der Waals surface area contributed by atoms with Crippen molar-refractivity contribution in [3.05, 3.63) is 83.9 Å². The van der Waals surface area contributed by atoms with Crippen molar-refractivity contribution in [2.45, 2.75) is 32.7 Å². The van der Waals surface area contributed by atoms with E-state index in [0.29, 0.717) is 25.3 Å². The van der Waals surface area contributed by atoms with Crippen LogP contribution < -0.4 is 5.32 Å². The molecule has 0 aliphatic carbocycles. The molecule has 3 aromatic rings. The third-order valence-corrected chi connectivity index (χ3v) is 5.87. The maximum Gasteiger partial charge on any atom is 0.270 e. The maximum atomic E-state index is 13.2. The molecule has 1 aromatic carbocycles. The number of nitrogens with one attached hydrogen (secondary N) is 1. The first-order valence-electron chi connectivity index (χ1n) is 10.9. The van der Waals surface area contributed by atoms with Gasteiger partial charge in [0.2, 0.25) is 5.91 Å². The summed E-state index contributed by atoms with van der Waals surface area (Å²) in [7, 11) is 0. The van der Waals surface area contributed by atoms with Crippen molar-refractivity contribution in [2.24, 2.45) is 5.92 Å². The van der Waals surface area contributed by atoms with Crippen LogP contribution >= 0.6 is 0 Å². The fourth-order valence-electron chi connectivity index (χ4n) is 4.04. The number of benzene rings is 1. The highest BCUT2D eigenvalue weighted by molar-refractivity contribution is 5.94. The summed E-state index contributed by atoms with van der Waals surface area (Å²) in [4.78, 5) is 31.9. The molecule has 0 unspecified atom stereocenters. The molecular formula is C25H28N4O2. The van der Waals surface area contributed by atoms with E-state index >= 15 is 0 Å². The second-order valence-corrected chi connectivity index (χ2v) is 7.95. The Morgan fingerprint density at radius 2 is 1.90 bits per heavy atom. The summed E-state index contributed by atoms with van der Waals surface area (Å²) in [5.41, 5.74) is 3.80. The summed E-state index contributed by atoms with van der Waals surface area (Å²) < 4.78 is 1.85. The van der Waals surface area contributed by atoms with Crippen molar-refractivity contribution in [3.8, 4) is 5.69 Å². The lowest BCUT2D eigenvalue weighted by atomic mass is 9.96. The number of nitrogens with zero attached hydrogens (tertiary/aromatic N) is 3. The van der Waals surface area contributed by atoms with E-state index in [1.165, 1.54) is 5.56 Å². The monoisotopic (exact) mass is 416 g/mol. The molecule has 2 aromatic heterocycles. The van der Waals surface area contributed by atoms with E-state index in [2.05, 4.69) is 41.5 Å². The number of hydrogen-bond donors (Lipinski definition) is 1. The Kier molecular flexibility index (Phi) is 6.46. The second kappa shape index (κ2) is 9.60. The van der Waals surface area contributed by atoms with Gasteiger partial charge in [-0.25, -0.2) is 0 Å². The number of piperidine rings is 1. The predicted octanol–water partition coefficient (Wildman–Crippen LogP) is 3.60. The SMILES string of the molecule is CCc1ccc(CNC(=O)[C@H]2CCCN(C(=O)c3cccn3-c3cccnc3)C2)cc1. The number of pyridine rings is 1. The average molecular weight is 417 g/mol. The van der Waals surface area contributed by atoms with Gasteiger partial charge in [-0.2, -0.15) is 0 Å². The highest BCUT2D eigenvalue weighted by Gasteiger charge is 2.30. The minimum absolute atomic E-state index is 0.0136. The standard InChI is InChI=1S/C25H28N4O2/c1-2-19-9-11-20(12-10-19)16-27-24(30)21-6-4-14-28(18-21)25(31)23-8-5-15-29(23)22-7-3-13-26-17-22/h3,5,7-13,15,17,21H,2,4,6,14,16,18H2,1H3,(H,27,30)/t21-/m0/s1. The number of likely N-dealkylation sites (tertiary alicyclic amines) is 1. The fourth-order valence-corrected chi connectivity index (χ4v) is 4.04. The van der Waals surface area contributed by atoms with E-state index < -0.39 is 0 Å². The number of rotatable bonds is 6. The number of aryl methyl sites for hydroxylation is 1. The van der Waals surface area contributed by atoms with Crippen LogP contribution in [-0.2, 0) is 17.8 Å². The Hall–Kier alpha value is -3.41. The largest absolute Gasteiger partial charge is 0.352 e. The van der Waals surface area contributed by atoms with Gasteiger partial charge in [-0.3, -0.25) is 14.6 Å². The zero-order valence-electron chi connectivity index (χ0n) is 17.8. The average Bonchev–Trinajstić information content (AvgIpc) is 3.33. The first-order chi connectivity index (χ1) is 15.2. The number of amides is 2. The molecule has 2 amide bonds. The number of hydrogen-bond acceptors (Lipinski definition) is 3. The summed E-state index contributed by atoms with van der Waals surface area (Å²) in [5, 5.41) is 3.05. The van der Waals surface area contributed by atoms with Gasteiger partial charge in [0.05, 0.1) is 17.8 Å². The molecule has 1 fully saturated rings. The number of carbonyl (C=O) groups excluding carboxylic acids is 2. The smallest absolute Gasteiger partial charge is 0.270 e. The Balaban J connectivity index is 1.38. The quantitative estimate of drug-likeness (QED) is 0.668. The summed E-state index contributed by atoms with van der Waals surface area (Å²) in [6.45, 7) is 3.74. The Morgan fingerprint density at radius 3 is 2.65 bits per heavy atom. The molecule has 0 bridgehead atoms. The van der Waals surface area contributed by atoms with Crippen LogP contribution in [0.2, 0.25) is 0 Å². The topological polar surface area (TPSA) is 67.2 Å². The van der Waals surface area contributed by atoms with Crippen molar-refractivity contribution in [1.29, 1.82) is 0 Å². The molecule has 1 atom stereocenters. The molecule has 160 valence electrons. The van der Waals surface area contributed by atoms with Gasteiger partial charge in [0.15, 0.2) is 0 Å². The maximum absolute atomic E-state index is 13.2. The highest BCUT2D eigenvalue weighted by atomic mass is 16.2. The molecule has 1 aliphatic rings. The zero-order valence-corrected chi connectivity index (χ0v) is 17.8. The summed E-state index contributed by atoms with van der Waals surface area (Å²) in [6, 6.07) is 15.8. The Bertz CT molecular complexity index is 1030. The van der Waals surface area contributed by atoms with Gasteiger partial charge in [-0.1, -0.05) is 31.2 Å². The summed E-state index contributed by atoms with van der Waals surface area (Å²) >= 11 is 0. The molecule has 0 spiro atoms. The molecule has 0 saturated carbocycles. The lowest BCUT2D eigenvalue weighted by Crippen LogP contribution is -2.45. The first-order valence-corrected chi connectivity index (χ1v) is 10.9. The van der Waals surface area contributed by atoms with Crippen LogP contribution in [-0.4, -0.2) is 39.4 Å². The van der Waals surface area contributed by atoms with Gasteiger partial charge in [0, 0.05) is 32.0 Å². The minimum atomic E-state index is -0.186.